The summed E-state index contributed by atoms with van der Waals surface area (Å²) in [4.78, 5) is 32.8. The van der Waals surface area contributed by atoms with E-state index in [1.54, 1.807) is 0 Å². The lowest BCUT2D eigenvalue weighted by Crippen LogP contribution is -2.50. The van der Waals surface area contributed by atoms with Gasteiger partial charge in [-0.05, 0) is 73.1 Å². The van der Waals surface area contributed by atoms with Gasteiger partial charge in [-0.1, -0.05) is 11.6 Å². The van der Waals surface area contributed by atoms with Crippen molar-refractivity contribution in [2.24, 2.45) is 0 Å². The lowest BCUT2D eigenvalue weighted by Gasteiger charge is -2.38. The van der Waals surface area contributed by atoms with Crippen LogP contribution in [-0.4, -0.2) is 77.8 Å². The van der Waals surface area contributed by atoms with E-state index < -0.39 is 41.9 Å². The number of aromatic nitrogens is 5. The molecule has 1 aliphatic carbocycles. The van der Waals surface area contributed by atoms with Crippen molar-refractivity contribution in [1.82, 2.24) is 33.9 Å². The van der Waals surface area contributed by atoms with Crippen molar-refractivity contribution < 1.29 is 23.1 Å². The molecule has 1 fully saturated rings. The normalized spacial score (nSPS) is 18.9. The van der Waals surface area contributed by atoms with Gasteiger partial charge in [-0.2, -0.15) is 8.76 Å². The van der Waals surface area contributed by atoms with E-state index in [0.29, 0.717) is 16.6 Å². The highest BCUT2D eigenvalue weighted by Crippen LogP contribution is 2.37. The lowest BCUT2D eigenvalue weighted by atomic mass is 9.91. The zero-order chi connectivity index (χ0) is 30.5. The number of amides is 1. The highest BCUT2D eigenvalue weighted by atomic mass is 35.5. The Hall–Kier alpha value is -3.33. The van der Waals surface area contributed by atoms with Crippen LogP contribution >= 0.6 is 23.1 Å². The highest BCUT2D eigenvalue weighted by molar-refractivity contribution is 7.11. The summed E-state index contributed by atoms with van der Waals surface area (Å²) in [5.74, 6) is -1.46. The van der Waals surface area contributed by atoms with Crippen LogP contribution in [0, 0.1) is 5.95 Å². The van der Waals surface area contributed by atoms with Gasteiger partial charge in [0.25, 0.3) is 12.0 Å². The summed E-state index contributed by atoms with van der Waals surface area (Å²) >= 11 is 7.78. The van der Waals surface area contributed by atoms with Gasteiger partial charge < -0.3 is 15.3 Å². The molecule has 4 heterocycles. The third-order valence-electron chi connectivity index (χ3n) is 8.43. The van der Waals surface area contributed by atoms with E-state index in [0.717, 1.165) is 51.4 Å². The van der Waals surface area contributed by atoms with Crippen LogP contribution in [0.4, 0.5) is 13.2 Å². The first-order valence-electron chi connectivity index (χ1n) is 13.9. The van der Waals surface area contributed by atoms with E-state index in [4.69, 9.17) is 11.6 Å². The maximum atomic E-state index is 13.6. The van der Waals surface area contributed by atoms with Crippen LogP contribution < -0.4 is 10.9 Å². The Morgan fingerprint density at radius 1 is 1.26 bits per heavy atom. The molecule has 0 bridgehead atoms. The second-order valence-corrected chi connectivity index (χ2v) is 12.4. The summed E-state index contributed by atoms with van der Waals surface area (Å²) in [6.07, 6.45) is 0.947. The molecular weight excluding hydrogens is 607 g/mol. The van der Waals surface area contributed by atoms with E-state index in [2.05, 4.69) is 25.8 Å². The van der Waals surface area contributed by atoms with Crippen molar-refractivity contribution in [3.63, 3.8) is 0 Å². The molecule has 2 aliphatic rings. The monoisotopic (exact) mass is 635 g/mol. The topological polar surface area (TPSA) is 118 Å². The number of rotatable bonds is 8. The van der Waals surface area contributed by atoms with Gasteiger partial charge in [-0.15, -0.1) is 5.10 Å². The molecule has 0 saturated carbocycles. The fraction of sp³-hybridized carbons (Fsp3) is 0.464. The molecule has 3 aromatic heterocycles. The van der Waals surface area contributed by atoms with Crippen LogP contribution in [0.1, 0.15) is 36.4 Å². The summed E-state index contributed by atoms with van der Waals surface area (Å²) in [5.41, 5.74) is 2.06. The molecule has 2 N–H and O–H groups in total. The van der Waals surface area contributed by atoms with Crippen LogP contribution in [0.5, 0.6) is 0 Å². The van der Waals surface area contributed by atoms with E-state index in [1.807, 2.05) is 13.1 Å². The quantitative estimate of drug-likeness (QED) is 0.305. The maximum absolute atomic E-state index is 13.6. The number of nitrogens with zero attached hydrogens (tertiary/aromatic N) is 6. The van der Waals surface area contributed by atoms with Crippen molar-refractivity contribution in [3.8, 4) is 10.4 Å². The summed E-state index contributed by atoms with van der Waals surface area (Å²) in [7, 11) is 1.93. The SMILES string of the molecule is CNC1Cc2cc(-c3snc4c(=O)n(CC5(O)CCN(C(=O)CC(C(F)F)n6ccc(F)n6)CC5)cnc34)cc(Cl)c2C1. The number of hydrogen-bond donors (Lipinski definition) is 2. The molecule has 0 spiro atoms. The number of aliphatic hydroxyl groups is 1. The standard InChI is InChI=1S/C28H29ClF3N7O3S/c1-33-17-9-15-8-16(10-19(29)18(15)11-17)25-23-24(36-43-25)27(41)38(14-34-23)13-28(42)3-6-37(7-4-28)22(40)12-20(26(31)32)39-5-2-21(30)35-39/h2,5,8,10,14,17,20,26,33,42H,3-4,6-7,9,11-13H2,1H3. The molecule has 2 unspecified atom stereocenters. The molecule has 43 heavy (non-hydrogen) atoms. The first-order valence-corrected chi connectivity index (χ1v) is 15.0. The average molecular weight is 636 g/mol. The molecule has 1 saturated heterocycles. The van der Waals surface area contributed by atoms with Crippen LogP contribution in [0.3, 0.4) is 0 Å². The van der Waals surface area contributed by atoms with Crippen LogP contribution in [0.15, 0.2) is 35.5 Å². The lowest BCUT2D eigenvalue weighted by molar-refractivity contribution is -0.138. The van der Waals surface area contributed by atoms with Gasteiger partial charge in [0.1, 0.15) is 11.6 Å². The van der Waals surface area contributed by atoms with Crippen molar-refractivity contribution >= 4 is 40.1 Å². The summed E-state index contributed by atoms with van der Waals surface area (Å²) in [6, 6.07) is 3.63. The predicted molar refractivity (Wildman–Crippen MR) is 155 cm³/mol. The third kappa shape index (κ3) is 5.80. The number of benzene rings is 1. The van der Waals surface area contributed by atoms with Gasteiger partial charge in [0.15, 0.2) is 5.52 Å². The molecule has 15 heteroatoms. The van der Waals surface area contributed by atoms with Crippen molar-refractivity contribution in [3.05, 3.63) is 63.2 Å². The Morgan fingerprint density at radius 3 is 2.70 bits per heavy atom. The zero-order valence-electron chi connectivity index (χ0n) is 23.1. The number of alkyl halides is 2. The number of carbonyl (C=O) groups excluding carboxylic acids is 1. The molecule has 0 radical (unpaired) electrons. The molecule has 6 rings (SSSR count). The molecule has 1 amide bonds. The van der Waals surface area contributed by atoms with Gasteiger partial charge in [0.2, 0.25) is 11.9 Å². The number of likely N-dealkylation sites (tertiary alicyclic amines) is 1. The Morgan fingerprint density at radius 2 is 2.02 bits per heavy atom. The van der Waals surface area contributed by atoms with Crippen molar-refractivity contribution in [2.75, 3.05) is 20.1 Å². The van der Waals surface area contributed by atoms with E-state index in [9.17, 15) is 27.9 Å². The maximum Gasteiger partial charge on any atom is 0.281 e. The number of piperidine rings is 1. The predicted octanol–water partition coefficient (Wildman–Crippen LogP) is 3.45. The molecule has 1 aromatic carbocycles. The molecule has 10 nitrogen and oxygen atoms in total. The van der Waals surface area contributed by atoms with Gasteiger partial charge >= 0.3 is 0 Å². The van der Waals surface area contributed by atoms with Gasteiger partial charge in [0, 0.05) is 36.4 Å². The van der Waals surface area contributed by atoms with Gasteiger partial charge in [-0.25, -0.2) is 13.8 Å². The molecule has 1 aliphatic heterocycles. The van der Waals surface area contributed by atoms with Crippen molar-refractivity contribution in [1.29, 1.82) is 0 Å². The Kier molecular flexibility index (Phi) is 8.05. The zero-order valence-corrected chi connectivity index (χ0v) is 24.7. The fourth-order valence-corrected chi connectivity index (χ4v) is 7.06. The minimum absolute atomic E-state index is 0.0635. The highest BCUT2D eigenvalue weighted by Gasteiger charge is 2.37. The molecular formula is C28H29ClF3N7O3S. The Bertz CT molecular complexity index is 1730. The molecule has 2 atom stereocenters. The largest absolute Gasteiger partial charge is 0.388 e. The first kappa shape index (κ1) is 29.7. The minimum atomic E-state index is -2.92. The molecule has 4 aromatic rings. The second-order valence-electron chi connectivity index (χ2n) is 11.2. The minimum Gasteiger partial charge on any atom is -0.388 e. The van der Waals surface area contributed by atoms with E-state index >= 15 is 0 Å². The number of likely N-dealkylation sites (N-methyl/N-ethyl adjacent to an activating group) is 1. The van der Waals surface area contributed by atoms with Gasteiger partial charge in [0.05, 0.1) is 29.8 Å². The van der Waals surface area contributed by atoms with E-state index in [1.165, 1.54) is 27.3 Å². The Labute approximate surface area is 253 Å². The summed E-state index contributed by atoms with van der Waals surface area (Å²) in [5, 5.41) is 18.6. The number of hydrogen-bond acceptors (Lipinski definition) is 8. The van der Waals surface area contributed by atoms with Crippen LogP contribution in [-0.2, 0) is 24.2 Å². The number of fused-ring (bicyclic) bond motifs is 2. The fourth-order valence-electron chi connectivity index (χ4n) is 5.94. The third-order valence-corrected chi connectivity index (χ3v) is 9.66. The summed E-state index contributed by atoms with van der Waals surface area (Å²) in [6.45, 7) is 0.154. The Balaban J connectivity index is 1.14. The van der Waals surface area contributed by atoms with Gasteiger partial charge in [-0.3, -0.25) is 18.8 Å². The smallest absolute Gasteiger partial charge is 0.281 e. The number of halogens is 4. The van der Waals surface area contributed by atoms with Crippen LogP contribution in [0.2, 0.25) is 5.02 Å². The first-order chi connectivity index (χ1) is 20.5. The second kappa shape index (κ2) is 11.6. The van der Waals surface area contributed by atoms with Crippen LogP contribution in [0.25, 0.3) is 21.5 Å². The average Bonchev–Trinajstić information content (AvgIpc) is 3.71. The number of nitrogens with one attached hydrogen (secondary N) is 1. The summed E-state index contributed by atoms with van der Waals surface area (Å²) < 4.78 is 46.9. The van der Waals surface area contributed by atoms with E-state index in [-0.39, 0.29) is 38.0 Å². The number of carbonyl (C=O) groups is 1. The molecule has 228 valence electrons. The van der Waals surface area contributed by atoms with Crippen molar-refractivity contribution in [2.45, 2.75) is 62.8 Å².